The van der Waals surface area contributed by atoms with E-state index in [2.05, 4.69) is 10.6 Å². The van der Waals surface area contributed by atoms with Gasteiger partial charge in [-0.15, -0.1) is 0 Å². The van der Waals surface area contributed by atoms with E-state index in [9.17, 15) is 13.6 Å². The van der Waals surface area contributed by atoms with Crippen LogP contribution in [0.2, 0.25) is 0 Å². The van der Waals surface area contributed by atoms with Gasteiger partial charge in [-0.25, -0.2) is 8.78 Å². The topological polar surface area (TPSA) is 50.4 Å². The minimum absolute atomic E-state index is 0.219. The van der Waals surface area contributed by atoms with Crippen LogP contribution in [0, 0.1) is 11.6 Å². The summed E-state index contributed by atoms with van der Waals surface area (Å²) in [5.41, 5.74) is 1.31. The largest absolute Gasteiger partial charge is 0.490 e. The van der Waals surface area contributed by atoms with Crippen LogP contribution in [0.4, 0.5) is 20.2 Å². The fourth-order valence-corrected chi connectivity index (χ4v) is 2.87. The highest BCUT2D eigenvalue weighted by Gasteiger charge is 2.27. The molecule has 1 amide bonds. The van der Waals surface area contributed by atoms with Gasteiger partial charge in [0, 0.05) is 18.3 Å². The van der Waals surface area contributed by atoms with Gasteiger partial charge in [0.05, 0.1) is 5.69 Å². The van der Waals surface area contributed by atoms with Crippen LogP contribution in [0.1, 0.15) is 34.7 Å². The van der Waals surface area contributed by atoms with Crippen LogP contribution in [0.3, 0.4) is 0 Å². The van der Waals surface area contributed by atoms with Crippen LogP contribution < -0.4 is 15.4 Å². The standard InChI is InChI=1S/C18H16F2N2O2/c19-13-7-11(10-1-2-10)8-14(20)17(13)18(23)22-12-3-4-15-16(9-12)24-6-5-21-15/h3-4,7-10,21H,1-2,5-6H2,(H,22,23). The van der Waals surface area contributed by atoms with Gasteiger partial charge in [0.15, 0.2) is 0 Å². The molecule has 2 aromatic rings. The summed E-state index contributed by atoms with van der Waals surface area (Å²) in [6, 6.07) is 7.57. The van der Waals surface area contributed by atoms with Gasteiger partial charge in [-0.05, 0) is 48.6 Å². The average molecular weight is 330 g/mol. The Bertz CT molecular complexity index is 796. The fraction of sp³-hybridized carbons (Fsp3) is 0.278. The van der Waals surface area contributed by atoms with Crippen molar-refractivity contribution in [2.75, 3.05) is 23.8 Å². The molecular weight excluding hydrogens is 314 g/mol. The van der Waals surface area contributed by atoms with E-state index >= 15 is 0 Å². The van der Waals surface area contributed by atoms with Crippen molar-refractivity contribution < 1.29 is 18.3 Å². The zero-order valence-electron chi connectivity index (χ0n) is 12.9. The number of carbonyl (C=O) groups excluding carboxylic acids is 1. The molecule has 24 heavy (non-hydrogen) atoms. The van der Waals surface area contributed by atoms with Gasteiger partial charge in [-0.1, -0.05) is 0 Å². The van der Waals surface area contributed by atoms with Gasteiger partial charge >= 0.3 is 0 Å². The summed E-state index contributed by atoms with van der Waals surface area (Å²) in [4.78, 5) is 12.3. The highest BCUT2D eigenvalue weighted by atomic mass is 19.1. The summed E-state index contributed by atoms with van der Waals surface area (Å²) < 4.78 is 33.9. The molecule has 2 aromatic carbocycles. The number of benzene rings is 2. The molecule has 0 spiro atoms. The van der Waals surface area contributed by atoms with Crippen LogP contribution in [-0.2, 0) is 0 Å². The number of rotatable bonds is 3. The molecule has 0 unspecified atom stereocenters. The lowest BCUT2D eigenvalue weighted by Gasteiger charge is -2.19. The number of hydrogen-bond acceptors (Lipinski definition) is 3. The average Bonchev–Trinajstić information content (AvgIpc) is 3.39. The quantitative estimate of drug-likeness (QED) is 0.897. The van der Waals surface area contributed by atoms with Gasteiger partial charge in [0.25, 0.3) is 5.91 Å². The second kappa shape index (κ2) is 5.78. The lowest BCUT2D eigenvalue weighted by atomic mass is 10.1. The van der Waals surface area contributed by atoms with E-state index < -0.39 is 23.1 Å². The third-order valence-corrected chi connectivity index (χ3v) is 4.25. The minimum Gasteiger partial charge on any atom is -0.490 e. The van der Waals surface area contributed by atoms with Gasteiger partial charge in [0.1, 0.15) is 29.6 Å². The van der Waals surface area contributed by atoms with Crippen LogP contribution in [-0.4, -0.2) is 19.1 Å². The Morgan fingerprint density at radius 2 is 1.92 bits per heavy atom. The monoisotopic (exact) mass is 330 g/mol. The number of carbonyl (C=O) groups is 1. The normalized spacial score (nSPS) is 15.9. The van der Waals surface area contributed by atoms with E-state index in [-0.39, 0.29) is 5.92 Å². The molecule has 1 fully saturated rings. The first-order chi connectivity index (χ1) is 11.6. The number of ether oxygens (including phenoxy) is 1. The van der Waals surface area contributed by atoms with Crippen LogP contribution in [0.25, 0.3) is 0 Å². The number of anilines is 2. The van der Waals surface area contributed by atoms with Crippen molar-refractivity contribution in [1.29, 1.82) is 0 Å². The molecule has 2 N–H and O–H groups in total. The molecule has 0 aromatic heterocycles. The van der Waals surface area contributed by atoms with E-state index in [1.54, 1.807) is 18.2 Å². The first-order valence-corrected chi connectivity index (χ1v) is 7.93. The molecule has 1 heterocycles. The van der Waals surface area contributed by atoms with Crippen molar-refractivity contribution in [2.24, 2.45) is 0 Å². The van der Waals surface area contributed by atoms with E-state index in [0.717, 1.165) is 18.5 Å². The Morgan fingerprint density at radius 1 is 1.17 bits per heavy atom. The Balaban J connectivity index is 1.58. The molecule has 1 saturated carbocycles. The molecule has 124 valence electrons. The maximum Gasteiger partial charge on any atom is 0.261 e. The van der Waals surface area contributed by atoms with Crippen molar-refractivity contribution in [1.82, 2.24) is 0 Å². The molecular formula is C18H16F2N2O2. The van der Waals surface area contributed by atoms with E-state index in [1.807, 2.05) is 0 Å². The van der Waals surface area contributed by atoms with Gasteiger partial charge in [-0.2, -0.15) is 0 Å². The second-order valence-corrected chi connectivity index (χ2v) is 6.07. The Labute approximate surface area is 137 Å². The summed E-state index contributed by atoms with van der Waals surface area (Å²) in [6.45, 7) is 1.23. The molecule has 0 saturated heterocycles. The molecule has 4 nitrogen and oxygen atoms in total. The van der Waals surface area contributed by atoms with E-state index in [1.165, 1.54) is 12.1 Å². The SMILES string of the molecule is O=C(Nc1ccc2c(c1)OCCN2)c1c(F)cc(C2CC2)cc1F. The molecule has 2 aliphatic rings. The first-order valence-electron chi connectivity index (χ1n) is 7.93. The summed E-state index contributed by atoms with van der Waals surface area (Å²) in [7, 11) is 0. The van der Waals surface area contributed by atoms with E-state index in [0.29, 0.717) is 30.2 Å². The van der Waals surface area contributed by atoms with Crippen molar-refractivity contribution in [3.05, 3.63) is 53.1 Å². The second-order valence-electron chi connectivity index (χ2n) is 6.07. The molecule has 0 bridgehead atoms. The lowest BCUT2D eigenvalue weighted by Crippen LogP contribution is -2.19. The summed E-state index contributed by atoms with van der Waals surface area (Å²) in [5.74, 6) is -1.65. The highest BCUT2D eigenvalue weighted by molar-refractivity contribution is 6.05. The van der Waals surface area contributed by atoms with Gasteiger partial charge in [-0.3, -0.25) is 4.79 Å². The van der Waals surface area contributed by atoms with Crippen molar-refractivity contribution in [2.45, 2.75) is 18.8 Å². The maximum absolute atomic E-state index is 14.2. The fourth-order valence-electron chi connectivity index (χ4n) is 2.87. The van der Waals surface area contributed by atoms with E-state index in [4.69, 9.17) is 4.74 Å². The first kappa shape index (κ1) is 14.9. The Hall–Kier alpha value is -2.63. The lowest BCUT2D eigenvalue weighted by molar-refractivity contribution is 0.101. The van der Waals surface area contributed by atoms with Gasteiger partial charge < -0.3 is 15.4 Å². The summed E-state index contributed by atoms with van der Waals surface area (Å²) in [5, 5.41) is 5.69. The number of nitrogens with one attached hydrogen (secondary N) is 2. The molecule has 0 radical (unpaired) electrons. The number of amides is 1. The zero-order chi connectivity index (χ0) is 16.7. The third kappa shape index (κ3) is 2.79. The third-order valence-electron chi connectivity index (χ3n) is 4.25. The van der Waals surface area contributed by atoms with Crippen molar-refractivity contribution in [3.63, 3.8) is 0 Å². The molecule has 1 aliphatic heterocycles. The Kier molecular flexibility index (Phi) is 3.59. The minimum atomic E-state index is -0.828. The predicted molar refractivity (Wildman–Crippen MR) is 86.7 cm³/mol. The summed E-state index contributed by atoms with van der Waals surface area (Å²) in [6.07, 6.45) is 1.88. The molecule has 4 rings (SSSR count). The van der Waals surface area contributed by atoms with Crippen molar-refractivity contribution >= 4 is 17.3 Å². The smallest absolute Gasteiger partial charge is 0.261 e. The molecule has 6 heteroatoms. The zero-order valence-corrected chi connectivity index (χ0v) is 12.9. The van der Waals surface area contributed by atoms with Crippen molar-refractivity contribution in [3.8, 4) is 5.75 Å². The molecule has 0 atom stereocenters. The maximum atomic E-state index is 14.2. The van der Waals surface area contributed by atoms with Crippen LogP contribution in [0.5, 0.6) is 5.75 Å². The summed E-state index contributed by atoms with van der Waals surface area (Å²) >= 11 is 0. The predicted octanol–water partition coefficient (Wildman–Crippen LogP) is 3.90. The highest BCUT2D eigenvalue weighted by Crippen LogP contribution is 2.41. The number of fused-ring (bicyclic) bond motifs is 1. The molecule has 1 aliphatic carbocycles. The number of halogens is 2. The van der Waals surface area contributed by atoms with Crippen LogP contribution >= 0.6 is 0 Å². The Morgan fingerprint density at radius 3 is 2.62 bits per heavy atom. The van der Waals surface area contributed by atoms with Gasteiger partial charge in [0.2, 0.25) is 0 Å². The number of hydrogen-bond donors (Lipinski definition) is 2. The van der Waals surface area contributed by atoms with Crippen LogP contribution in [0.15, 0.2) is 30.3 Å².